The Morgan fingerprint density at radius 3 is 2.64 bits per heavy atom. The molecule has 1 heterocycles. The molecule has 1 atom stereocenters. The van der Waals surface area contributed by atoms with Gasteiger partial charge < -0.3 is 15.6 Å². The van der Waals surface area contributed by atoms with Gasteiger partial charge in [-0.3, -0.25) is 9.59 Å². The second-order valence-corrected chi connectivity index (χ2v) is 5.59. The minimum absolute atomic E-state index is 0. The number of rotatable bonds is 4. The fraction of sp³-hybridized carbons (Fsp3) is 0.167. The molecule has 3 N–H and O–H groups in total. The van der Waals surface area contributed by atoms with Crippen LogP contribution in [-0.4, -0.2) is 22.0 Å². The zero-order valence-electron chi connectivity index (χ0n) is 13.7. The smallest absolute Gasteiger partial charge is 0.271 e. The maximum absolute atomic E-state index is 12.4. The number of benzene rings is 2. The molecule has 0 aliphatic rings. The normalized spacial score (nSPS) is 11.6. The predicted octanol–water partition coefficient (Wildman–Crippen LogP) is 1.79. The van der Waals surface area contributed by atoms with Gasteiger partial charge in [-0.05, 0) is 22.4 Å². The van der Waals surface area contributed by atoms with E-state index in [2.05, 4.69) is 10.3 Å². The molecule has 0 saturated carbocycles. The number of aromatic nitrogens is 2. The first-order chi connectivity index (χ1) is 11.6. The molecule has 0 aliphatic heterocycles. The van der Waals surface area contributed by atoms with E-state index in [1.54, 1.807) is 7.05 Å². The zero-order chi connectivity index (χ0) is 17.1. The lowest BCUT2D eigenvalue weighted by Crippen LogP contribution is -2.34. The zero-order valence-corrected chi connectivity index (χ0v) is 14.5. The van der Waals surface area contributed by atoms with Crippen molar-refractivity contribution in [3.63, 3.8) is 0 Å². The van der Waals surface area contributed by atoms with Crippen molar-refractivity contribution in [2.75, 3.05) is 6.54 Å². The van der Waals surface area contributed by atoms with Crippen molar-refractivity contribution in [2.24, 2.45) is 12.8 Å². The molecule has 1 aromatic heterocycles. The van der Waals surface area contributed by atoms with Crippen molar-refractivity contribution in [2.45, 2.75) is 6.04 Å². The van der Waals surface area contributed by atoms with Gasteiger partial charge in [-0.1, -0.05) is 36.4 Å². The van der Waals surface area contributed by atoms with Gasteiger partial charge in [-0.15, -0.1) is 12.4 Å². The van der Waals surface area contributed by atoms with Crippen molar-refractivity contribution in [1.82, 2.24) is 14.9 Å². The van der Waals surface area contributed by atoms with Crippen LogP contribution in [0.3, 0.4) is 0 Å². The molecule has 0 bridgehead atoms. The summed E-state index contributed by atoms with van der Waals surface area (Å²) in [6, 6.07) is 13.6. The number of amides is 1. The van der Waals surface area contributed by atoms with Crippen molar-refractivity contribution >= 4 is 29.1 Å². The first-order valence-electron chi connectivity index (χ1n) is 7.61. The molecule has 1 amide bonds. The minimum atomic E-state index is -0.366. The fourth-order valence-electron chi connectivity index (χ4n) is 2.55. The van der Waals surface area contributed by atoms with E-state index in [0.717, 1.165) is 22.5 Å². The number of nitrogens with zero attached hydrogens (tertiary/aromatic N) is 2. The number of aryl methyl sites for hydroxylation is 1. The molecule has 1 unspecified atom stereocenters. The molecule has 7 heteroatoms. The standard InChI is InChI=1S/C18H18N4O2.ClH/c1-22-11-16(20-10-17(22)23)18(24)21-15(9-19)14-7-6-12-4-2-3-5-13(12)8-14;/h2-8,10-11,15H,9,19H2,1H3,(H,21,24);1H. The topological polar surface area (TPSA) is 90.0 Å². The van der Waals surface area contributed by atoms with Gasteiger partial charge in [0.15, 0.2) is 0 Å². The van der Waals surface area contributed by atoms with Gasteiger partial charge in [-0.25, -0.2) is 4.98 Å². The van der Waals surface area contributed by atoms with Gasteiger partial charge in [0, 0.05) is 19.8 Å². The fourth-order valence-corrected chi connectivity index (χ4v) is 2.55. The van der Waals surface area contributed by atoms with Crippen LogP contribution in [0.1, 0.15) is 22.1 Å². The van der Waals surface area contributed by atoms with E-state index in [4.69, 9.17) is 5.73 Å². The minimum Gasteiger partial charge on any atom is -0.343 e. The van der Waals surface area contributed by atoms with E-state index >= 15 is 0 Å². The van der Waals surface area contributed by atoms with Gasteiger partial charge in [0.1, 0.15) is 5.69 Å². The molecule has 2 aromatic carbocycles. The summed E-state index contributed by atoms with van der Waals surface area (Å²) >= 11 is 0. The van der Waals surface area contributed by atoms with E-state index in [1.165, 1.54) is 10.8 Å². The van der Waals surface area contributed by atoms with Crippen LogP contribution in [0.4, 0.5) is 0 Å². The number of hydrogen-bond donors (Lipinski definition) is 2. The van der Waals surface area contributed by atoms with Crippen LogP contribution < -0.4 is 16.6 Å². The molecule has 0 radical (unpaired) electrons. The van der Waals surface area contributed by atoms with Crippen LogP contribution in [0.5, 0.6) is 0 Å². The first kappa shape index (κ1) is 18.6. The Bertz CT molecular complexity index is 955. The summed E-state index contributed by atoms with van der Waals surface area (Å²) in [5, 5.41) is 5.08. The van der Waals surface area contributed by atoms with Crippen molar-refractivity contribution < 1.29 is 4.79 Å². The summed E-state index contributed by atoms with van der Waals surface area (Å²) in [5.74, 6) is -0.366. The highest BCUT2D eigenvalue weighted by Gasteiger charge is 2.16. The molecular formula is C18H19ClN4O2. The Balaban J connectivity index is 0.00000225. The van der Waals surface area contributed by atoms with E-state index in [9.17, 15) is 9.59 Å². The van der Waals surface area contributed by atoms with Gasteiger partial charge in [-0.2, -0.15) is 0 Å². The Labute approximate surface area is 151 Å². The number of halogens is 1. The van der Waals surface area contributed by atoms with E-state index in [1.807, 2.05) is 42.5 Å². The molecule has 0 saturated heterocycles. The summed E-state index contributed by atoms with van der Waals surface area (Å²) in [5.41, 5.74) is 6.67. The van der Waals surface area contributed by atoms with Crippen LogP contribution >= 0.6 is 12.4 Å². The Hall–Kier alpha value is -2.70. The maximum Gasteiger partial charge on any atom is 0.271 e. The first-order valence-corrected chi connectivity index (χ1v) is 7.61. The summed E-state index contributed by atoms with van der Waals surface area (Å²) in [6.45, 7) is 0.260. The maximum atomic E-state index is 12.4. The number of fused-ring (bicyclic) bond motifs is 1. The largest absolute Gasteiger partial charge is 0.343 e. The van der Waals surface area contributed by atoms with Gasteiger partial charge >= 0.3 is 0 Å². The van der Waals surface area contributed by atoms with Crippen molar-refractivity contribution in [3.8, 4) is 0 Å². The van der Waals surface area contributed by atoms with Crippen LogP contribution in [0, 0.1) is 0 Å². The molecule has 25 heavy (non-hydrogen) atoms. The second kappa shape index (κ2) is 7.92. The average Bonchev–Trinajstić information content (AvgIpc) is 2.61. The molecule has 0 spiro atoms. The Morgan fingerprint density at radius 1 is 1.24 bits per heavy atom. The Morgan fingerprint density at radius 2 is 1.96 bits per heavy atom. The molecule has 130 valence electrons. The van der Waals surface area contributed by atoms with Crippen molar-refractivity contribution in [1.29, 1.82) is 0 Å². The van der Waals surface area contributed by atoms with Gasteiger partial charge in [0.2, 0.25) is 0 Å². The summed E-state index contributed by atoms with van der Waals surface area (Å²) in [4.78, 5) is 27.6. The van der Waals surface area contributed by atoms with Crippen LogP contribution in [0.25, 0.3) is 10.8 Å². The highest BCUT2D eigenvalue weighted by Crippen LogP contribution is 2.20. The summed E-state index contributed by atoms with van der Waals surface area (Å²) in [6.07, 6.45) is 2.54. The van der Waals surface area contributed by atoms with Crippen molar-refractivity contribution in [3.05, 3.63) is 76.5 Å². The lowest BCUT2D eigenvalue weighted by molar-refractivity contribution is 0.0932. The third-order valence-electron chi connectivity index (χ3n) is 3.93. The highest BCUT2D eigenvalue weighted by molar-refractivity contribution is 5.92. The SMILES string of the molecule is Cl.Cn1cc(C(=O)NC(CN)c2ccc3ccccc3c2)ncc1=O. The molecule has 3 aromatic rings. The lowest BCUT2D eigenvalue weighted by Gasteiger charge is -2.18. The number of carbonyl (C=O) groups excluding carboxylic acids is 1. The van der Waals surface area contributed by atoms with Crippen LogP contribution in [-0.2, 0) is 7.05 Å². The van der Waals surface area contributed by atoms with Gasteiger partial charge in [0.05, 0.1) is 12.2 Å². The molecular weight excluding hydrogens is 340 g/mol. The lowest BCUT2D eigenvalue weighted by atomic mass is 10.0. The van der Waals surface area contributed by atoms with E-state index in [-0.39, 0.29) is 42.2 Å². The number of nitrogens with one attached hydrogen (secondary N) is 1. The van der Waals surface area contributed by atoms with E-state index in [0.29, 0.717) is 0 Å². The summed E-state index contributed by atoms with van der Waals surface area (Å²) < 4.78 is 1.31. The third kappa shape index (κ3) is 4.04. The second-order valence-electron chi connectivity index (χ2n) is 5.59. The third-order valence-corrected chi connectivity index (χ3v) is 3.93. The summed E-state index contributed by atoms with van der Waals surface area (Å²) in [7, 11) is 1.57. The predicted molar refractivity (Wildman–Crippen MR) is 99.9 cm³/mol. The molecule has 0 aliphatic carbocycles. The Kier molecular flexibility index (Phi) is 5.90. The molecule has 6 nitrogen and oxygen atoms in total. The van der Waals surface area contributed by atoms with Crippen LogP contribution in [0.15, 0.2) is 59.7 Å². The number of hydrogen-bond acceptors (Lipinski definition) is 4. The average molecular weight is 359 g/mol. The molecule has 0 fully saturated rings. The quantitative estimate of drug-likeness (QED) is 0.744. The number of nitrogens with two attached hydrogens (primary N) is 1. The van der Waals surface area contributed by atoms with Crippen LogP contribution in [0.2, 0.25) is 0 Å². The highest BCUT2D eigenvalue weighted by atomic mass is 35.5. The monoisotopic (exact) mass is 358 g/mol. The number of carbonyl (C=O) groups is 1. The van der Waals surface area contributed by atoms with E-state index < -0.39 is 0 Å². The van der Waals surface area contributed by atoms with Gasteiger partial charge in [0.25, 0.3) is 11.5 Å². The molecule has 3 rings (SSSR count).